The van der Waals surface area contributed by atoms with E-state index in [9.17, 15) is 9.18 Å². The maximum Gasteiger partial charge on any atom is 0.250 e. The molecule has 0 spiro atoms. The Hall–Kier alpha value is -1.13. The number of carbonyl (C=O) groups excluding carboxylic acids is 1. The molecule has 1 rings (SSSR count). The molecule has 0 fully saturated rings. The van der Waals surface area contributed by atoms with Gasteiger partial charge in [0.1, 0.15) is 12.4 Å². The highest BCUT2D eigenvalue weighted by Gasteiger charge is 2.13. The van der Waals surface area contributed by atoms with Crippen LogP contribution in [0.5, 0.6) is 0 Å². The molecule has 94 valence electrons. The van der Waals surface area contributed by atoms with Gasteiger partial charge in [0.25, 0.3) is 0 Å². The molecule has 0 radical (unpaired) electrons. The number of anilines is 1. The fourth-order valence-corrected chi connectivity index (χ4v) is 1.23. The van der Waals surface area contributed by atoms with Gasteiger partial charge in [0.05, 0.1) is 16.3 Å². The number of amides is 1. The Morgan fingerprint density at radius 1 is 1.47 bits per heavy atom. The number of benzene rings is 1. The average molecular weight is 260 g/mol. The maximum atomic E-state index is 12.9. The molecule has 0 saturated heterocycles. The minimum Gasteiger partial charge on any atom is -0.366 e. The van der Waals surface area contributed by atoms with Gasteiger partial charge in [0.2, 0.25) is 5.91 Å². The van der Waals surface area contributed by atoms with Gasteiger partial charge in [-0.05, 0) is 39.0 Å². The lowest BCUT2D eigenvalue weighted by molar-refractivity contribution is -0.125. The summed E-state index contributed by atoms with van der Waals surface area (Å²) in [5.41, 5.74) is -0.155. The van der Waals surface area contributed by atoms with Gasteiger partial charge in [-0.25, -0.2) is 4.39 Å². The second-order valence-electron chi connectivity index (χ2n) is 4.57. The van der Waals surface area contributed by atoms with Gasteiger partial charge in [-0.3, -0.25) is 4.79 Å². The molecule has 1 amide bonds. The van der Waals surface area contributed by atoms with E-state index in [1.807, 2.05) is 20.8 Å². The predicted octanol–water partition coefficient (Wildman–Crippen LogP) is 3.23. The molecule has 0 unspecified atom stereocenters. The second kappa shape index (κ2) is 5.47. The van der Waals surface area contributed by atoms with Gasteiger partial charge in [-0.1, -0.05) is 11.6 Å². The molecule has 0 aliphatic rings. The molecule has 0 saturated carbocycles. The highest BCUT2D eigenvalue weighted by molar-refractivity contribution is 6.33. The van der Waals surface area contributed by atoms with Crippen LogP contribution in [-0.2, 0) is 9.53 Å². The van der Waals surface area contributed by atoms with Crippen molar-refractivity contribution >= 4 is 23.2 Å². The summed E-state index contributed by atoms with van der Waals surface area (Å²) in [6.07, 6.45) is 0. The van der Waals surface area contributed by atoms with Crippen molar-refractivity contribution < 1.29 is 13.9 Å². The highest BCUT2D eigenvalue weighted by atomic mass is 35.5. The van der Waals surface area contributed by atoms with Gasteiger partial charge in [0, 0.05) is 0 Å². The van der Waals surface area contributed by atoms with Gasteiger partial charge in [-0.2, -0.15) is 0 Å². The first-order valence-electron chi connectivity index (χ1n) is 5.17. The minimum absolute atomic E-state index is 0.101. The van der Waals surface area contributed by atoms with E-state index in [1.165, 1.54) is 12.1 Å². The van der Waals surface area contributed by atoms with Gasteiger partial charge >= 0.3 is 0 Å². The van der Waals surface area contributed by atoms with Crippen LogP contribution in [0.1, 0.15) is 20.8 Å². The fraction of sp³-hybridized carbons (Fsp3) is 0.417. The zero-order valence-corrected chi connectivity index (χ0v) is 10.8. The summed E-state index contributed by atoms with van der Waals surface area (Å²) in [5.74, 6) is -0.825. The van der Waals surface area contributed by atoms with Crippen LogP contribution in [0, 0.1) is 5.82 Å². The van der Waals surface area contributed by atoms with Crippen molar-refractivity contribution in [3.8, 4) is 0 Å². The quantitative estimate of drug-likeness (QED) is 0.905. The van der Waals surface area contributed by atoms with Crippen LogP contribution in [0.2, 0.25) is 5.02 Å². The molecule has 0 bridgehead atoms. The summed E-state index contributed by atoms with van der Waals surface area (Å²) < 4.78 is 18.2. The number of hydrogen-bond acceptors (Lipinski definition) is 2. The van der Waals surface area contributed by atoms with Crippen LogP contribution in [0.4, 0.5) is 10.1 Å². The monoisotopic (exact) mass is 259 g/mol. The summed E-state index contributed by atoms with van der Waals surface area (Å²) >= 11 is 5.81. The third-order valence-electron chi connectivity index (χ3n) is 1.84. The third kappa shape index (κ3) is 5.15. The van der Waals surface area contributed by atoms with Gasteiger partial charge in [0.15, 0.2) is 0 Å². The first-order chi connectivity index (χ1) is 7.78. The molecule has 0 aliphatic heterocycles. The Labute approximate surface area is 105 Å². The summed E-state index contributed by atoms with van der Waals surface area (Å²) in [6, 6.07) is 3.78. The number of ether oxygens (including phenoxy) is 1. The second-order valence-corrected chi connectivity index (χ2v) is 4.98. The van der Waals surface area contributed by atoms with Crippen molar-refractivity contribution in [3.05, 3.63) is 29.0 Å². The van der Waals surface area contributed by atoms with Crippen molar-refractivity contribution in [2.24, 2.45) is 0 Å². The topological polar surface area (TPSA) is 38.3 Å². The number of hydrogen-bond donors (Lipinski definition) is 1. The molecular formula is C12H15ClFNO2. The van der Waals surface area contributed by atoms with E-state index in [-0.39, 0.29) is 23.2 Å². The predicted molar refractivity (Wildman–Crippen MR) is 65.7 cm³/mol. The smallest absolute Gasteiger partial charge is 0.250 e. The van der Waals surface area contributed by atoms with E-state index in [2.05, 4.69) is 5.32 Å². The van der Waals surface area contributed by atoms with Crippen LogP contribution in [0.25, 0.3) is 0 Å². The number of nitrogens with one attached hydrogen (secondary N) is 1. The minimum atomic E-state index is -0.457. The van der Waals surface area contributed by atoms with Crippen molar-refractivity contribution in [2.75, 3.05) is 11.9 Å². The normalized spacial score (nSPS) is 11.4. The molecule has 0 aliphatic carbocycles. The fourth-order valence-electron chi connectivity index (χ4n) is 1.06. The molecule has 1 N–H and O–H groups in total. The highest BCUT2D eigenvalue weighted by Crippen LogP contribution is 2.22. The van der Waals surface area contributed by atoms with Gasteiger partial charge < -0.3 is 10.1 Å². The maximum absolute atomic E-state index is 12.9. The van der Waals surface area contributed by atoms with Crippen molar-refractivity contribution in [1.82, 2.24) is 0 Å². The molecule has 3 nitrogen and oxygen atoms in total. The summed E-state index contributed by atoms with van der Waals surface area (Å²) in [6.45, 7) is 5.43. The molecule has 0 heterocycles. The lowest BCUT2D eigenvalue weighted by Crippen LogP contribution is -2.27. The molecule has 5 heteroatoms. The van der Waals surface area contributed by atoms with E-state index in [1.54, 1.807) is 0 Å². The number of halogens is 2. The van der Waals surface area contributed by atoms with E-state index in [0.717, 1.165) is 6.07 Å². The zero-order valence-electron chi connectivity index (χ0n) is 10.0. The molecule has 0 atom stereocenters. The lowest BCUT2D eigenvalue weighted by Gasteiger charge is -2.19. The van der Waals surface area contributed by atoms with Crippen molar-refractivity contribution in [3.63, 3.8) is 0 Å². The van der Waals surface area contributed by atoms with Crippen LogP contribution >= 0.6 is 11.6 Å². The molecule has 0 aromatic heterocycles. The standard InChI is InChI=1S/C12H15ClFNO2/c1-12(2,3)17-7-11(16)15-10-6-8(14)4-5-9(10)13/h4-6H,7H2,1-3H3,(H,15,16). The Bertz CT molecular complexity index is 415. The molecule has 1 aromatic rings. The van der Waals surface area contributed by atoms with Crippen LogP contribution in [0.3, 0.4) is 0 Å². The zero-order chi connectivity index (χ0) is 13.1. The summed E-state index contributed by atoms with van der Waals surface area (Å²) in [5, 5.41) is 2.78. The summed E-state index contributed by atoms with van der Waals surface area (Å²) in [4.78, 5) is 11.5. The van der Waals surface area contributed by atoms with Crippen molar-refractivity contribution in [2.45, 2.75) is 26.4 Å². The van der Waals surface area contributed by atoms with Crippen LogP contribution in [0.15, 0.2) is 18.2 Å². The van der Waals surface area contributed by atoms with E-state index in [0.29, 0.717) is 0 Å². The average Bonchev–Trinajstić information content (AvgIpc) is 2.20. The SMILES string of the molecule is CC(C)(C)OCC(=O)Nc1cc(F)ccc1Cl. The summed E-state index contributed by atoms with van der Waals surface area (Å²) in [7, 11) is 0. The van der Waals surface area contributed by atoms with E-state index >= 15 is 0 Å². The first-order valence-corrected chi connectivity index (χ1v) is 5.54. The van der Waals surface area contributed by atoms with Gasteiger partial charge in [-0.15, -0.1) is 0 Å². The van der Waals surface area contributed by atoms with Crippen molar-refractivity contribution in [1.29, 1.82) is 0 Å². The Balaban J connectivity index is 2.59. The molecule has 1 aromatic carbocycles. The number of rotatable bonds is 3. The Morgan fingerprint density at radius 3 is 2.71 bits per heavy atom. The molecule has 17 heavy (non-hydrogen) atoms. The Morgan fingerprint density at radius 2 is 2.12 bits per heavy atom. The largest absolute Gasteiger partial charge is 0.366 e. The Kier molecular flexibility index (Phi) is 4.48. The third-order valence-corrected chi connectivity index (χ3v) is 2.17. The van der Waals surface area contributed by atoms with E-state index < -0.39 is 11.4 Å². The van der Waals surface area contributed by atoms with Crippen LogP contribution < -0.4 is 5.32 Å². The van der Waals surface area contributed by atoms with E-state index in [4.69, 9.17) is 16.3 Å². The molecular weight excluding hydrogens is 245 g/mol. The lowest BCUT2D eigenvalue weighted by atomic mass is 10.2. The number of carbonyl (C=O) groups is 1. The first kappa shape index (κ1) is 13.9. The van der Waals surface area contributed by atoms with Crippen LogP contribution in [-0.4, -0.2) is 18.1 Å².